The lowest BCUT2D eigenvalue weighted by Crippen LogP contribution is -2.43. The largest absolute Gasteiger partial charge is 0.378 e. The van der Waals surface area contributed by atoms with E-state index in [0.717, 1.165) is 12.8 Å². The van der Waals surface area contributed by atoms with E-state index >= 15 is 0 Å². The van der Waals surface area contributed by atoms with Crippen LogP contribution in [-0.2, 0) is 0 Å². The van der Waals surface area contributed by atoms with Crippen molar-refractivity contribution in [3.8, 4) is 11.5 Å². The summed E-state index contributed by atoms with van der Waals surface area (Å²) in [6, 6.07) is 0. The Morgan fingerprint density at radius 1 is 0.938 bits per heavy atom. The Balaban J connectivity index is 3.05. The molecule has 0 unspecified atom stereocenters. The molecule has 0 aromatic rings. The lowest BCUT2D eigenvalue weighted by atomic mass is 10.4. The quantitative estimate of drug-likeness (QED) is 0.587. The minimum absolute atomic E-state index is 0.614. The molecule has 1 fully saturated rings. The van der Waals surface area contributed by atoms with E-state index in [2.05, 4.69) is 53.0 Å². The summed E-state index contributed by atoms with van der Waals surface area (Å²) in [6.45, 7) is 13.8. The molecule has 0 saturated heterocycles. The van der Waals surface area contributed by atoms with Gasteiger partial charge in [0.1, 0.15) is 13.7 Å². The van der Waals surface area contributed by atoms with E-state index in [-0.39, 0.29) is 0 Å². The first-order chi connectivity index (χ1) is 7.24. The fourth-order valence-electron chi connectivity index (χ4n) is 2.90. The maximum Gasteiger partial charge on any atom is 0.146 e. The minimum atomic E-state index is -1.62. The summed E-state index contributed by atoms with van der Waals surface area (Å²) in [5, 5.41) is 9.89. The molecule has 0 atom stereocenters. The number of hydrogen-bond acceptors (Lipinski definition) is 1. The van der Waals surface area contributed by atoms with Gasteiger partial charge in [0.2, 0.25) is 0 Å². The highest BCUT2D eigenvalue weighted by molar-refractivity contribution is 6.90. The van der Waals surface area contributed by atoms with Gasteiger partial charge in [0.25, 0.3) is 0 Å². The predicted octanol–water partition coefficient (Wildman–Crippen LogP) is 3.73. The highest BCUT2D eigenvalue weighted by atomic mass is 28.3. The molecule has 0 heterocycles. The van der Waals surface area contributed by atoms with Gasteiger partial charge < -0.3 is 5.11 Å². The van der Waals surface area contributed by atoms with Gasteiger partial charge in [-0.3, -0.25) is 0 Å². The third-order valence-electron chi connectivity index (χ3n) is 4.10. The fraction of sp³-hybridized carbons (Fsp3) is 0.857. The Morgan fingerprint density at radius 3 is 1.56 bits per heavy atom. The summed E-state index contributed by atoms with van der Waals surface area (Å²) < 4.78 is 0. The lowest BCUT2D eigenvalue weighted by molar-refractivity contribution is 0.212. The van der Waals surface area contributed by atoms with Crippen LogP contribution in [0.1, 0.15) is 54.4 Å². The Labute approximate surface area is 102 Å². The van der Waals surface area contributed by atoms with Gasteiger partial charge in [0, 0.05) is 0 Å². The molecular formula is C14H26OSi. The van der Waals surface area contributed by atoms with Crippen LogP contribution in [-0.4, -0.2) is 18.8 Å². The van der Waals surface area contributed by atoms with Crippen LogP contribution in [0, 0.1) is 11.5 Å². The first-order valence-corrected chi connectivity index (χ1v) is 8.74. The maximum absolute atomic E-state index is 9.89. The smallest absolute Gasteiger partial charge is 0.146 e. The van der Waals surface area contributed by atoms with Crippen molar-refractivity contribution in [2.75, 3.05) is 0 Å². The van der Waals surface area contributed by atoms with Gasteiger partial charge in [-0.15, -0.1) is 5.54 Å². The van der Waals surface area contributed by atoms with Crippen molar-refractivity contribution in [1.82, 2.24) is 0 Å². The van der Waals surface area contributed by atoms with Crippen LogP contribution in [0.2, 0.25) is 16.6 Å². The molecule has 0 spiro atoms. The molecule has 1 aliphatic carbocycles. The van der Waals surface area contributed by atoms with Gasteiger partial charge >= 0.3 is 0 Å². The molecule has 1 N–H and O–H groups in total. The number of hydrogen-bond donors (Lipinski definition) is 1. The van der Waals surface area contributed by atoms with Crippen LogP contribution in [0.25, 0.3) is 0 Å². The second-order valence-corrected chi connectivity index (χ2v) is 11.8. The molecule has 16 heavy (non-hydrogen) atoms. The van der Waals surface area contributed by atoms with Crippen molar-refractivity contribution >= 4 is 8.07 Å². The van der Waals surface area contributed by atoms with E-state index < -0.39 is 13.7 Å². The Bertz CT molecular complexity index is 281. The highest BCUT2D eigenvalue weighted by Crippen LogP contribution is 2.42. The first-order valence-electron chi connectivity index (χ1n) is 6.51. The standard InChI is InChI=1S/C14H26OSi/c1-11(2)16(12(3)4,13(5)6)10-9-14(15)7-8-14/h11-13,15H,7-8H2,1-6H3. The van der Waals surface area contributed by atoms with Gasteiger partial charge in [-0.25, -0.2) is 0 Å². The van der Waals surface area contributed by atoms with E-state index in [1.807, 2.05) is 0 Å². The van der Waals surface area contributed by atoms with Crippen molar-refractivity contribution in [3.63, 3.8) is 0 Å². The molecule has 92 valence electrons. The summed E-state index contributed by atoms with van der Waals surface area (Å²) in [5.74, 6) is 3.19. The SMILES string of the molecule is CC(C)[Si](C#CC1(O)CC1)(C(C)C)C(C)C. The van der Waals surface area contributed by atoms with E-state index in [1.165, 1.54) is 0 Å². The van der Waals surface area contributed by atoms with Crippen LogP contribution in [0.3, 0.4) is 0 Å². The molecular weight excluding hydrogens is 212 g/mol. The maximum atomic E-state index is 9.89. The van der Waals surface area contributed by atoms with E-state index in [9.17, 15) is 5.11 Å². The third-order valence-corrected chi connectivity index (χ3v) is 10.4. The second kappa shape index (κ2) is 4.54. The third kappa shape index (κ3) is 2.52. The van der Waals surface area contributed by atoms with Crippen molar-refractivity contribution in [2.24, 2.45) is 0 Å². The Kier molecular flexibility index (Phi) is 3.92. The number of rotatable bonds is 3. The molecule has 1 rings (SSSR count). The zero-order chi connectivity index (χ0) is 12.6. The van der Waals surface area contributed by atoms with Crippen molar-refractivity contribution in [3.05, 3.63) is 0 Å². The summed E-state index contributed by atoms with van der Waals surface area (Å²) in [4.78, 5) is 0. The minimum Gasteiger partial charge on any atom is -0.378 e. The number of aliphatic hydroxyl groups is 1. The van der Waals surface area contributed by atoms with E-state index in [1.54, 1.807) is 0 Å². The molecule has 2 heteroatoms. The van der Waals surface area contributed by atoms with Crippen LogP contribution >= 0.6 is 0 Å². The average molecular weight is 238 g/mol. The zero-order valence-electron chi connectivity index (χ0n) is 11.6. The second-order valence-electron chi connectivity index (χ2n) is 6.18. The lowest BCUT2D eigenvalue weighted by Gasteiger charge is -2.38. The monoisotopic (exact) mass is 238 g/mol. The fourth-order valence-corrected chi connectivity index (χ4v) is 8.22. The molecule has 0 radical (unpaired) electrons. The average Bonchev–Trinajstić information content (AvgIpc) is 2.83. The predicted molar refractivity (Wildman–Crippen MR) is 73.0 cm³/mol. The van der Waals surface area contributed by atoms with E-state index in [0.29, 0.717) is 16.6 Å². The molecule has 0 amide bonds. The Hall–Kier alpha value is -0.263. The van der Waals surface area contributed by atoms with Crippen LogP contribution in [0.4, 0.5) is 0 Å². The molecule has 0 aliphatic heterocycles. The van der Waals surface area contributed by atoms with Gasteiger partial charge in [0.05, 0.1) is 0 Å². The van der Waals surface area contributed by atoms with Crippen molar-refractivity contribution in [2.45, 2.75) is 76.6 Å². The van der Waals surface area contributed by atoms with Crippen LogP contribution < -0.4 is 0 Å². The molecule has 1 saturated carbocycles. The van der Waals surface area contributed by atoms with Gasteiger partial charge in [0.15, 0.2) is 0 Å². The topological polar surface area (TPSA) is 20.2 Å². The molecule has 1 nitrogen and oxygen atoms in total. The van der Waals surface area contributed by atoms with Crippen LogP contribution in [0.15, 0.2) is 0 Å². The Morgan fingerprint density at radius 2 is 1.31 bits per heavy atom. The molecule has 0 bridgehead atoms. The van der Waals surface area contributed by atoms with Crippen molar-refractivity contribution < 1.29 is 5.11 Å². The van der Waals surface area contributed by atoms with Crippen molar-refractivity contribution in [1.29, 1.82) is 0 Å². The van der Waals surface area contributed by atoms with E-state index in [4.69, 9.17) is 0 Å². The van der Waals surface area contributed by atoms with Crippen LogP contribution in [0.5, 0.6) is 0 Å². The van der Waals surface area contributed by atoms with Gasteiger partial charge in [-0.2, -0.15) is 0 Å². The summed E-state index contributed by atoms with van der Waals surface area (Å²) in [6.07, 6.45) is 1.75. The van der Waals surface area contributed by atoms with Gasteiger partial charge in [-0.05, 0) is 29.5 Å². The normalized spacial score (nSPS) is 18.9. The summed E-state index contributed by atoms with van der Waals surface area (Å²) in [5.41, 5.74) is 4.92. The van der Waals surface area contributed by atoms with Gasteiger partial charge in [-0.1, -0.05) is 47.5 Å². The molecule has 0 aromatic heterocycles. The first kappa shape index (κ1) is 13.8. The highest BCUT2D eigenvalue weighted by Gasteiger charge is 2.44. The molecule has 1 aliphatic rings. The summed E-state index contributed by atoms with van der Waals surface area (Å²) >= 11 is 0. The summed E-state index contributed by atoms with van der Waals surface area (Å²) in [7, 11) is -1.62. The zero-order valence-corrected chi connectivity index (χ0v) is 12.6. The molecule has 0 aromatic carbocycles.